The van der Waals surface area contributed by atoms with Crippen molar-refractivity contribution in [1.29, 1.82) is 0 Å². The first kappa shape index (κ1) is 22.6. The van der Waals surface area contributed by atoms with Crippen LogP contribution < -0.4 is 20.5 Å². The highest BCUT2D eigenvalue weighted by Gasteiger charge is 2.30. The van der Waals surface area contributed by atoms with Crippen molar-refractivity contribution < 1.29 is 9.47 Å². The summed E-state index contributed by atoms with van der Waals surface area (Å²) in [5.41, 5.74) is 5.28. The van der Waals surface area contributed by atoms with Crippen LogP contribution in [0.3, 0.4) is 0 Å². The van der Waals surface area contributed by atoms with Crippen LogP contribution >= 0.6 is 11.6 Å². The summed E-state index contributed by atoms with van der Waals surface area (Å²) in [6.07, 6.45) is 3.85. The molecule has 5 heterocycles. The number of morpholine rings is 1. The minimum atomic E-state index is -0.305. The number of pyridine rings is 3. The first-order valence-electron chi connectivity index (χ1n) is 11.8. The van der Waals surface area contributed by atoms with Crippen molar-refractivity contribution in [2.24, 2.45) is 0 Å². The fourth-order valence-electron chi connectivity index (χ4n) is 4.67. The SMILES string of the molecule is O=c1[nH]cccc1N1CCOC(c2nccc3c2Oc2ccc(NCc4cccc(Cl)n4)cc2C3)C1. The minimum Gasteiger partial charge on any atom is -0.455 e. The van der Waals surface area contributed by atoms with Crippen LogP contribution in [0.5, 0.6) is 11.5 Å². The molecule has 182 valence electrons. The van der Waals surface area contributed by atoms with E-state index in [9.17, 15) is 4.79 Å². The third-order valence-electron chi connectivity index (χ3n) is 6.42. The number of H-pyrrole nitrogens is 1. The Morgan fingerprint density at radius 3 is 2.97 bits per heavy atom. The number of fused-ring (bicyclic) bond motifs is 2. The van der Waals surface area contributed by atoms with Crippen LogP contribution in [0.1, 0.15) is 28.6 Å². The van der Waals surface area contributed by atoms with Crippen molar-refractivity contribution in [2.45, 2.75) is 19.1 Å². The normalized spacial score (nSPS) is 16.6. The largest absolute Gasteiger partial charge is 0.455 e. The number of rotatable bonds is 5. The lowest BCUT2D eigenvalue weighted by atomic mass is 9.98. The average molecular weight is 502 g/mol. The fraction of sp³-hybridized carbons (Fsp3) is 0.222. The zero-order chi connectivity index (χ0) is 24.5. The van der Waals surface area contributed by atoms with Gasteiger partial charge >= 0.3 is 0 Å². The third-order valence-corrected chi connectivity index (χ3v) is 6.63. The molecule has 3 aromatic heterocycles. The standard InChI is InChI=1S/C27H24ClN5O3/c28-24-5-1-3-20(32-24)15-31-19-6-7-22-18(14-19)13-17-8-10-29-25(26(17)36-22)23-16-33(11-12-35-23)21-4-2-9-30-27(21)34/h1-10,14,23,31H,11-13,15-16H2,(H,30,34). The topological polar surface area (TPSA) is 92.4 Å². The summed E-state index contributed by atoms with van der Waals surface area (Å²) >= 11 is 6.00. The van der Waals surface area contributed by atoms with Gasteiger partial charge in [0.05, 0.1) is 25.4 Å². The van der Waals surface area contributed by atoms with Gasteiger partial charge in [-0.05, 0) is 48.5 Å². The number of hydrogen-bond donors (Lipinski definition) is 2. The van der Waals surface area contributed by atoms with Crippen LogP contribution in [0.15, 0.2) is 71.8 Å². The lowest BCUT2D eigenvalue weighted by Crippen LogP contribution is -2.41. The number of anilines is 2. The van der Waals surface area contributed by atoms with E-state index in [0.717, 1.165) is 46.1 Å². The van der Waals surface area contributed by atoms with Crippen LogP contribution in [-0.2, 0) is 17.7 Å². The second-order valence-corrected chi connectivity index (χ2v) is 9.17. The molecule has 9 heteroatoms. The van der Waals surface area contributed by atoms with Crippen LogP contribution in [0.4, 0.5) is 11.4 Å². The van der Waals surface area contributed by atoms with Gasteiger partial charge in [0.2, 0.25) is 0 Å². The summed E-state index contributed by atoms with van der Waals surface area (Å²) in [4.78, 5) is 26.1. The zero-order valence-electron chi connectivity index (χ0n) is 19.4. The van der Waals surface area contributed by atoms with Crippen LogP contribution in [0.25, 0.3) is 0 Å². The van der Waals surface area contributed by atoms with Crippen LogP contribution in [0, 0.1) is 0 Å². The average Bonchev–Trinajstić information content (AvgIpc) is 2.91. The zero-order valence-corrected chi connectivity index (χ0v) is 20.2. The molecule has 2 aliphatic rings. The highest BCUT2D eigenvalue weighted by atomic mass is 35.5. The molecule has 0 bridgehead atoms. The molecular weight excluding hydrogens is 478 g/mol. The molecule has 0 aliphatic carbocycles. The van der Waals surface area contributed by atoms with Gasteiger partial charge < -0.3 is 24.7 Å². The molecule has 0 spiro atoms. The molecule has 0 saturated carbocycles. The molecule has 0 radical (unpaired) electrons. The van der Waals surface area contributed by atoms with Gasteiger partial charge in [0.15, 0.2) is 5.75 Å². The number of aromatic amines is 1. The van der Waals surface area contributed by atoms with Crippen molar-refractivity contribution in [3.8, 4) is 11.5 Å². The Morgan fingerprint density at radius 2 is 2.08 bits per heavy atom. The Morgan fingerprint density at radius 1 is 1.14 bits per heavy atom. The molecule has 8 nitrogen and oxygen atoms in total. The lowest BCUT2D eigenvalue weighted by Gasteiger charge is -2.34. The smallest absolute Gasteiger partial charge is 0.271 e. The molecule has 1 unspecified atom stereocenters. The molecule has 36 heavy (non-hydrogen) atoms. The maximum absolute atomic E-state index is 12.3. The van der Waals surface area contributed by atoms with Crippen molar-refractivity contribution in [3.63, 3.8) is 0 Å². The first-order chi connectivity index (χ1) is 17.6. The van der Waals surface area contributed by atoms with Crippen LogP contribution in [0.2, 0.25) is 5.15 Å². The highest BCUT2D eigenvalue weighted by molar-refractivity contribution is 6.29. The lowest BCUT2D eigenvalue weighted by molar-refractivity contribution is 0.0354. The molecule has 1 aromatic carbocycles. The Labute approximate surface area is 212 Å². The Bertz CT molecular complexity index is 1470. The van der Waals surface area contributed by atoms with E-state index in [0.29, 0.717) is 37.1 Å². The van der Waals surface area contributed by atoms with Gasteiger partial charge in [0, 0.05) is 42.2 Å². The van der Waals surface area contributed by atoms with E-state index in [1.165, 1.54) is 0 Å². The van der Waals surface area contributed by atoms with Crippen molar-refractivity contribution in [2.75, 3.05) is 29.9 Å². The van der Waals surface area contributed by atoms with Gasteiger partial charge in [0.1, 0.15) is 28.4 Å². The maximum Gasteiger partial charge on any atom is 0.271 e. The highest BCUT2D eigenvalue weighted by Crippen LogP contribution is 2.42. The summed E-state index contributed by atoms with van der Waals surface area (Å²) in [7, 11) is 0. The number of nitrogens with one attached hydrogen (secondary N) is 2. The monoisotopic (exact) mass is 501 g/mol. The van der Waals surface area contributed by atoms with Gasteiger partial charge in [-0.1, -0.05) is 17.7 Å². The summed E-state index contributed by atoms with van der Waals surface area (Å²) in [5, 5.41) is 3.89. The van der Waals surface area contributed by atoms with Gasteiger partial charge in [0.25, 0.3) is 5.56 Å². The predicted molar refractivity (Wildman–Crippen MR) is 138 cm³/mol. The second kappa shape index (κ2) is 9.64. The number of benzene rings is 1. The molecular formula is C27H24ClN5O3. The Kier molecular flexibility index (Phi) is 6.04. The quantitative estimate of drug-likeness (QED) is 0.337. The van der Waals surface area contributed by atoms with Gasteiger partial charge in [-0.15, -0.1) is 0 Å². The van der Waals surface area contributed by atoms with E-state index in [2.05, 4.69) is 26.3 Å². The fourth-order valence-corrected chi connectivity index (χ4v) is 4.85. The Hall–Kier alpha value is -3.88. The van der Waals surface area contributed by atoms with E-state index in [4.69, 9.17) is 21.1 Å². The number of aromatic nitrogens is 3. The predicted octanol–water partition coefficient (Wildman–Crippen LogP) is 4.70. The molecule has 1 atom stereocenters. The van der Waals surface area contributed by atoms with Gasteiger partial charge in [-0.2, -0.15) is 0 Å². The summed E-state index contributed by atoms with van der Waals surface area (Å²) in [6, 6.07) is 17.3. The van der Waals surface area contributed by atoms with E-state index < -0.39 is 0 Å². The van der Waals surface area contributed by atoms with E-state index >= 15 is 0 Å². The third kappa shape index (κ3) is 4.53. The van der Waals surface area contributed by atoms with Crippen LogP contribution in [-0.4, -0.2) is 34.6 Å². The summed E-state index contributed by atoms with van der Waals surface area (Å²) in [6.45, 7) is 2.23. The molecule has 6 rings (SSSR count). The van der Waals surface area contributed by atoms with E-state index in [1.807, 2.05) is 47.4 Å². The van der Waals surface area contributed by atoms with E-state index in [1.54, 1.807) is 18.5 Å². The molecule has 1 fully saturated rings. The summed E-state index contributed by atoms with van der Waals surface area (Å²) in [5.74, 6) is 1.54. The van der Waals surface area contributed by atoms with Crippen molar-refractivity contribution in [1.82, 2.24) is 15.0 Å². The minimum absolute atomic E-state index is 0.109. The molecule has 1 saturated heterocycles. The second-order valence-electron chi connectivity index (χ2n) is 8.78. The van der Waals surface area contributed by atoms with Crippen molar-refractivity contribution >= 4 is 23.0 Å². The number of halogens is 1. The van der Waals surface area contributed by atoms with Gasteiger partial charge in [-0.3, -0.25) is 9.78 Å². The van der Waals surface area contributed by atoms with Crippen molar-refractivity contribution in [3.05, 3.63) is 105 Å². The van der Waals surface area contributed by atoms with Gasteiger partial charge in [-0.25, -0.2) is 4.98 Å². The summed E-state index contributed by atoms with van der Waals surface area (Å²) < 4.78 is 12.5. The molecule has 2 N–H and O–H groups in total. The first-order valence-corrected chi connectivity index (χ1v) is 12.2. The molecule has 0 amide bonds. The Balaban J connectivity index is 1.21. The van der Waals surface area contributed by atoms with E-state index in [-0.39, 0.29) is 11.7 Å². The molecule has 2 aliphatic heterocycles. The number of hydrogen-bond acceptors (Lipinski definition) is 7. The molecule has 4 aromatic rings. The number of ether oxygens (including phenoxy) is 2. The number of nitrogens with zero attached hydrogens (tertiary/aromatic N) is 3. The maximum atomic E-state index is 12.3.